The van der Waals surface area contributed by atoms with Gasteiger partial charge in [-0.1, -0.05) is 25.8 Å². The van der Waals surface area contributed by atoms with Crippen molar-refractivity contribution in [3.05, 3.63) is 16.3 Å². The zero-order valence-electron chi connectivity index (χ0n) is 11.1. The number of hydrogen-bond donors (Lipinski definition) is 1. The predicted octanol–water partition coefficient (Wildman–Crippen LogP) is 5.03. The highest BCUT2D eigenvalue weighted by molar-refractivity contribution is 7.99. The van der Waals surface area contributed by atoms with Crippen LogP contribution in [0.3, 0.4) is 0 Å². The smallest absolute Gasteiger partial charge is 0.0404 e. The fourth-order valence-corrected chi connectivity index (χ4v) is 3.19. The molecule has 0 bridgehead atoms. The Morgan fingerprint density at radius 3 is 2.38 bits per heavy atom. The number of thioether (sulfide) groups is 1. The highest BCUT2D eigenvalue weighted by Gasteiger charge is 2.10. The summed E-state index contributed by atoms with van der Waals surface area (Å²) in [6.45, 7) is 11.6. The summed E-state index contributed by atoms with van der Waals surface area (Å²) in [6, 6.07) is 2.26. The fourth-order valence-electron chi connectivity index (χ4n) is 0.884. The Hall–Kier alpha value is 0.360. The van der Waals surface area contributed by atoms with E-state index in [0.717, 1.165) is 6.54 Å². The molecule has 1 rings (SSSR count). The zero-order valence-corrected chi connectivity index (χ0v) is 13.5. The van der Waals surface area contributed by atoms with E-state index in [1.54, 1.807) is 23.7 Å². The molecule has 0 aliphatic carbocycles. The lowest BCUT2D eigenvalue weighted by molar-refractivity contribution is 0.789. The lowest BCUT2D eigenvalue weighted by Crippen LogP contribution is -2.16. The Kier molecular flexibility index (Phi) is 8.64. The largest absolute Gasteiger partial charge is 0.258 e. The standard InChI is InChI=1S/C10H17NS3.C2H6/c1-10(2,3)14-11-6-8-5-9(12-4)7-13-8;1-2/h5,7,11H,6H2,1-4H3;1-2H3. The van der Waals surface area contributed by atoms with Crippen LogP contribution in [0, 0.1) is 0 Å². The summed E-state index contributed by atoms with van der Waals surface area (Å²) in [5.74, 6) is 0. The molecule has 1 heterocycles. The van der Waals surface area contributed by atoms with Crippen LogP contribution in [0.1, 0.15) is 39.5 Å². The summed E-state index contributed by atoms with van der Waals surface area (Å²) < 4.78 is 3.69. The molecule has 4 heteroatoms. The van der Waals surface area contributed by atoms with E-state index in [2.05, 4.69) is 43.2 Å². The van der Waals surface area contributed by atoms with E-state index in [0.29, 0.717) is 4.75 Å². The third-order valence-corrected chi connectivity index (χ3v) is 4.18. The lowest BCUT2D eigenvalue weighted by Gasteiger charge is -2.17. The summed E-state index contributed by atoms with van der Waals surface area (Å²) in [4.78, 5) is 2.78. The molecule has 0 aliphatic rings. The van der Waals surface area contributed by atoms with Crippen LogP contribution in [0.5, 0.6) is 0 Å². The Labute approximate surface area is 113 Å². The quantitative estimate of drug-likeness (QED) is 0.612. The summed E-state index contributed by atoms with van der Waals surface area (Å²) >= 11 is 5.43. The van der Waals surface area contributed by atoms with E-state index in [1.165, 1.54) is 9.77 Å². The molecule has 0 spiro atoms. The third kappa shape index (κ3) is 7.60. The van der Waals surface area contributed by atoms with E-state index >= 15 is 0 Å². The number of nitrogens with one attached hydrogen (secondary N) is 1. The van der Waals surface area contributed by atoms with E-state index < -0.39 is 0 Å². The minimum absolute atomic E-state index is 0.291. The molecule has 0 aliphatic heterocycles. The van der Waals surface area contributed by atoms with Crippen molar-refractivity contribution in [3.8, 4) is 0 Å². The zero-order chi connectivity index (χ0) is 12.6. The molecular formula is C12H23NS3. The van der Waals surface area contributed by atoms with Gasteiger partial charge in [-0.15, -0.1) is 23.1 Å². The van der Waals surface area contributed by atoms with Crippen LogP contribution in [-0.2, 0) is 6.54 Å². The topological polar surface area (TPSA) is 12.0 Å². The molecule has 0 aromatic carbocycles. The van der Waals surface area contributed by atoms with Crippen LogP contribution in [0.25, 0.3) is 0 Å². The molecule has 1 aromatic rings. The van der Waals surface area contributed by atoms with Gasteiger partial charge < -0.3 is 0 Å². The number of thiophene rings is 1. The molecule has 0 saturated heterocycles. The fraction of sp³-hybridized carbons (Fsp3) is 0.667. The normalized spacial score (nSPS) is 10.9. The number of rotatable bonds is 4. The van der Waals surface area contributed by atoms with Crippen molar-refractivity contribution in [2.24, 2.45) is 0 Å². The van der Waals surface area contributed by atoms with Gasteiger partial charge in [-0.25, -0.2) is 0 Å². The first-order valence-electron chi connectivity index (χ1n) is 5.53. The van der Waals surface area contributed by atoms with Gasteiger partial charge >= 0.3 is 0 Å². The second kappa shape index (κ2) is 8.45. The van der Waals surface area contributed by atoms with E-state index in [1.807, 2.05) is 25.2 Å². The number of hydrogen-bond acceptors (Lipinski definition) is 4. The van der Waals surface area contributed by atoms with Crippen molar-refractivity contribution < 1.29 is 0 Å². The highest BCUT2D eigenvalue weighted by Crippen LogP contribution is 2.24. The Bertz CT molecular complexity index is 276. The maximum atomic E-state index is 3.40. The molecular weight excluding hydrogens is 254 g/mol. The van der Waals surface area contributed by atoms with Gasteiger partial charge in [0.25, 0.3) is 0 Å². The van der Waals surface area contributed by atoms with Crippen molar-refractivity contribution in [2.75, 3.05) is 6.26 Å². The van der Waals surface area contributed by atoms with Gasteiger partial charge in [-0.2, -0.15) is 0 Å². The third-order valence-electron chi connectivity index (χ3n) is 1.49. The summed E-state index contributed by atoms with van der Waals surface area (Å²) in [5.41, 5.74) is 0. The lowest BCUT2D eigenvalue weighted by atomic mass is 10.3. The van der Waals surface area contributed by atoms with Crippen LogP contribution in [-0.4, -0.2) is 11.0 Å². The molecule has 0 saturated carbocycles. The maximum Gasteiger partial charge on any atom is 0.0404 e. The van der Waals surface area contributed by atoms with Gasteiger partial charge in [0.2, 0.25) is 0 Å². The van der Waals surface area contributed by atoms with Crippen molar-refractivity contribution >= 4 is 35.0 Å². The summed E-state index contributed by atoms with van der Waals surface area (Å²) in [5, 5.41) is 2.21. The minimum Gasteiger partial charge on any atom is -0.258 e. The van der Waals surface area contributed by atoms with Gasteiger partial charge in [0.05, 0.1) is 0 Å². The van der Waals surface area contributed by atoms with Crippen molar-refractivity contribution in [1.82, 2.24) is 4.72 Å². The molecule has 0 fully saturated rings. The Balaban J connectivity index is 0.00000106. The average Bonchev–Trinajstić information content (AvgIpc) is 2.67. The van der Waals surface area contributed by atoms with Crippen LogP contribution < -0.4 is 4.72 Å². The Morgan fingerprint density at radius 2 is 1.94 bits per heavy atom. The van der Waals surface area contributed by atoms with Gasteiger partial charge in [0.1, 0.15) is 0 Å². The Morgan fingerprint density at radius 1 is 1.31 bits per heavy atom. The first-order valence-corrected chi connectivity index (χ1v) is 8.45. The summed E-state index contributed by atoms with van der Waals surface area (Å²) in [7, 11) is 0. The molecule has 0 amide bonds. The molecule has 1 N–H and O–H groups in total. The average molecular weight is 278 g/mol. The second-order valence-electron chi connectivity index (χ2n) is 3.99. The molecule has 0 unspecified atom stereocenters. The van der Waals surface area contributed by atoms with E-state index in [-0.39, 0.29) is 0 Å². The molecule has 16 heavy (non-hydrogen) atoms. The first kappa shape index (κ1) is 16.4. The van der Waals surface area contributed by atoms with Crippen LogP contribution in [0.2, 0.25) is 0 Å². The highest BCUT2D eigenvalue weighted by atomic mass is 32.2. The van der Waals surface area contributed by atoms with E-state index in [4.69, 9.17) is 0 Å². The summed E-state index contributed by atoms with van der Waals surface area (Å²) in [6.07, 6.45) is 2.11. The molecule has 0 radical (unpaired) electrons. The molecule has 1 nitrogen and oxygen atoms in total. The predicted molar refractivity (Wildman–Crippen MR) is 81.6 cm³/mol. The second-order valence-corrected chi connectivity index (χ2v) is 7.58. The van der Waals surface area contributed by atoms with Gasteiger partial charge in [0.15, 0.2) is 0 Å². The van der Waals surface area contributed by atoms with Gasteiger partial charge in [0, 0.05) is 26.4 Å². The maximum absolute atomic E-state index is 3.40. The van der Waals surface area contributed by atoms with Crippen LogP contribution in [0.15, 0.2) is 16.3 Å². The monoisotopic (exact) mass is 277 g/mol. The van der Waals surface area contributed by atoms with Crippen LogP contribution >= 0.6 is 35.0 Å². The SMILES string of the molecule is CC.CSc1csc(CNSC(C)(C)C)c1. The molecule has 0 atom stereocenters. The van der Waals surface area contributed by atoms with Crippen molar-refractivity contribution in [1.29, 1.82) is 0 Å². The van der Waals surface area contributed by atoms with Gasteiger partial charge in [-0.3, -0.25) is 4.72 Å². The van der Waals surface area contributed by atoms with E-state index in [9.17, 15) is 0 Å². The van der Waals surface area contributed by atoms with Crippen molar-refractivity contribution in [2.45, 2.75) is 50.8 Å². The van der Waals surface area contributed by atoms with Crippen LogP contribution in [0.4, 0.5) is 0 Å². The first-order chi connectivity index (χ1) is 7.51. The van der Waals surface area contributed by atoms with Crippen molar-refractivity contribution in [3.63, 3.8) is 0 Å². The van der Waals surface area contributed by atoms with Gasteiger partial charge in [-0.05, 0) is 33.1 Å². The minimum atomic E-state index is 0.291. The molecule has 94 valence electrons. The molecule has 1 aromatic heterocycles.